The van der Waals surface area contributed by atoms with E-state index < -0.39 is 0 Å². The molecule has 1 aromatic heterocycles. The van der Waals surface area contributed by atoms with Crippen molar-refractivity contribution in [3.8, 4) is 0 Å². The van der Waals surface area contributed by atoms with Gasteiger partial charge >= 0.3 is 0 Å². The topological polar surface area (TPSA) is 29.9 Å². The van der Waals surface area contributed by atoms with Crippen LogP contribution >= 0.6 is 0 Å². The Morgan fingerprint density at radius 2 is 1.85 bits per heavy atom. The molecule has 0 saturated heterocycles. The summed E-state index contributed by atoms with van der Waals surface area (Å²) in [7, 11) is 0. The predicted octanol–water partition coefficient (Wildman–Crippen LogP) is 3.35. The summed E-state index contributed by atoms with van der Waals surface area (Å²) in [5.41, 5.74) is 1.83. The Bertz CT molecular complexity index is 441. The van der Waals surface area contributed by atoms with Crippen molar-refractivity contribution in [2.75, 3.05) is 0 Å². The van der Waals surface area contributed by atoms with Crippen LogP contribution in [-0.4, -0.2) is 15.3 Å². The molecule has 4 fully saturated rings. The average Bonchev–Trinajstić information content (AvgIpc) is 2.83. The summed E-state index contributed by atoms with van der Waals surface area (Å²) in [6.45, 7) is 4.25. The minimum Gasteiger partial charge on any atom is -0.307 e. The molecule has 4 bridgehead atoms. The van der Waals surface area contributed by atoms with E-state index in [4.69, 9.17) is 0 Å². The van der Waals surface area contributed by atoms with Gasteiger partial charge in [-0.2, -0.15) is 5.10 Å². The smallest absolute Gasteiger partial charge is 0.0534 e. The molecular formula is C17H27N3. The zero-order chi connectivity index (χ0) is 13.6. The lowest BCUT2D eigenvalue weighted by Crippen LogP contribution is -2.58. The van der Waals surface area contributed by atoms with Crippen LogP contribution < -0.4 is 5.32 Å². The average molecular weight is 273 g/mol. The summed E-state index contributed by atoms with van der Waals surface area (Å²) < 4.78 is 2.08. The second kappa shape index (κ2) is 4.87. The van der Waals surface area contributed by atoms with Gasteiger partial charge < -0.3 is 5.32 Å². The fourth-order valence-corrected chi connectivity index (χ4v) is 5.47. The summed E-state index contributed by atoms with van der Waals surface area (Å²) >= 11 is 0. The van der Waals surface area contributed by atoms with Crippen LogP contribution in [0.2, 0.25) is 0 Å². The van der Waals surface area contributed by atoms with Gasteiger partial charge in [-0.3, -0.25) is 4.68 Å². The van der Waals surface area contributed by atoms with Crippen molar-refractivity contribution >= 4 is 0 Å². The molecule has 4 aliphatic rings. The van der Waals surface area contributed by atoms with Gasteiger partial charge in [0.25, 0.3) is 0 Å². The van der Waals surface area contributed by atoms with E-state index in [2.05, 4.69) is 28.2 Å². The normalized spacial score (nSPS) is 38.5. The number of nitrogens with one attached hydrogen (secondary N) is 1. The zero-order valence-electron chi connectivity index (χ0n) is 12.6. The zero-order valence-corrected chi connectivity index (χ0v) is 12.6. The van der Waals surface area contributed by atoms with Crippen molar-refractivity contribution in [2.45, 2.75) is 70.5 Å². The van der Waals surface area contributed by atoms with Gasteiger partial charge in [-0.25, -0.2) is 0 Å². The van der Waals surface area contributed by atoms with E-state index in [-0.39, 0.29) is 0 Å². The largest absolute Gasteiger partial charge is 0.307 e. The third-order valence-corrected chi connectivity index (χ3v) is 5.85. The molecule has 1 N–H and O–H groups in total. The number of hydrogen-bond acceptors (Lipinski definition) is 2. The van der Waals surface area contributed by atoms with Crippen molar-refractivity contribution in [3.63, 3.8) is 0 Å². The molecule has 4 saturated carbocycles. The third kappa shape index (κ3) is 2.30. The highest BCUT2D eigenvalue weighted by Gasteiger charge is 2.50. The molecule has 20 heavy (non-hydrogen) atoms. The standard InChI is InChI=1S/C17H27N3/c1-2-3-20-12-16(11-19-20)10-18-17-7-13-4-14(8-17)6-15(5-13)9-17/h11-15,18H,2-10H2,1H3. The minimum atomic E-state index is 0.474. The lowest BCUT2D eigenvalue weighted by Gasteiger charge is -2.57. The molecule has 0 unspecified atom stereocenters. The van der Waals surface area contributed by atoms with Gasteiger partial charge in [0, 0.05) is 30.4 Å². The summed E-state index contributed by atoms with van der Waals surface area (Å²) in [6.07, 6.45) is 14.3. The summed E-state index contributed by atoms with van der Waals surface area (Å²) in [5.74, 6) is 3.07. The Labute approximate surface area is 122 Å². The third-order valence-electron chi connectivity index (χ3n) is 5.85. The van der Waals surface area contributed by atoms with Gasteiger partial charge in [-0.15, -0.1) is 0 Å². The number of hydrogen-bond donors (Lipinski definition) is 1. The number of nitrogens with zero attached hydrogens (tertiary/aromatic N) is 2. The summed E-state index contributed by atoms with van der Waals surface area (Å²) in [5, 5.41) is 8.39. The van der Waals surface area contributed by atoms with Crippen LogP contribution in [0.15, 0.2) is 12.4 Å². The first-order valence-corrected chi connectivity index (χ1v) is 8.51. The molecule has 5 rings (SSSR count). The quantitative estimate of drug-likeness (QED) is 0.891. The molecule has 110 valence electrons. The highest BCUT2D eigenvalue weighted by molar-refractivity contribution is 5.09. The Kier molecular flexibility index (Phi) is 3.13. The lowest BCUT2D eigenvalue weighted by atomic mass is 9.53. The van der Waals surface area contributed by atoms with Gasteiger partial charge in [0.05, 0.1) is 6.20 Å². The van der Waals surface area contributed by atoms with Gasteiger partial charge in [0.2, 0.25) is 0 Å². The van der Waals surface area contributed by atoms with Crippen molar-refractivity contribution in [1.29, 1.82) is 0 Å². The molecule has 1 aromatic rings. The molecule has 0 amide bonds. The van der Waals surface area contributed by atoms with Crippen molar-refractivity contribution < 1.29 is 0 Å². The SMILES string of the molecule is CCCn1cc(CNC23CC4CC(CC(C4)C2)C3)cn1. The molecule has 0 aromatic carbocycles. The first-order chi connectivity index (χ1) is 9.75. The van der Waals surface area contributed by atoms with E-state index in [0.717, 1.165) is 37.3 Å². The first-order valence-electron chi connectivity index (χ1n) is 8.51. The van der Waals surface area contributed by atoms with Crippen molar-refractivity contribution in [2.24, 2.45) is 17.8 Å². The van der Waals surface area contributed by atoms with Gasteiger partial charge in [0.15, 0.2) is 0 Å². The van der Waals surface area contributed by atoms with Gasteiger partial charge in [-0.05, 0) is 62.7 Å². The monoisotopic (exact) mass is 273 g/mol. The number of rotatable bonds is 5. The van der Waals surface area contributed by atoms with Crippen LogP contribution in [0.25, 0.3) is 0 Å². The Morgan fingerprint density at radius 3 is 2.45 bits per heavy atom. The van der Waals surface area contributed by atoms with E-state index in [1.54, 1.807) is 0 Å². The van der Waals surface area contributed by atoms with Crippen LogP contribution in [0.5, 0.6) is 0 Å². The molecule has 0 atom stereocenters. The first kappa shape index (κ1) is 12.9. The molecule has 3 heteroatoms. The van der Waals surface area contributed by atoms with Crippen LogP contribution in [0.4, 0.5) is 0 Å². The Morgan fingerprint density at radius 1 is 1.20 bits per heavy atom. The van der Waals surface area contributed by atoms with Crippen LogP contribution in [0.1, 0.15) is 57.4 Å². The van der Waals surface area contributed by atoms with Crippen molar-refractivity contribution in [3.05, 3.63) is 18.0 Å². The molecule has 0 radical (unpaired) electrons. The van der Waals surface area contributed by atoms with Gasteiger partial charge in [0.1, 0.15) is 0 Å². The number of aromatic nitrogens is 2. The highest BCUT2D eigenvalue weighted by Crippen LogP contribution is 2.55. The lowest BCUT2D eigenvalue weighted by molar-refractivity contribution is -0.0206. The van der Waals surface area contributed by atoms with Crippen LogP contribution in [-0.2, 0) is 13.1 Å². The molecule has 0 spiro atoms. The second-order valence-electron chi connectivity index (χ2n) is 7.66. The second-order valence-corrected chi connectivity index (χ2v) is 7.66. The maximum atomic E-state index is 4.45. The van der Waals surface area contributed by atoms with E-state index in [1.165, 1.54) is 44.1 Å². The molecule has 0 aliphatic heterocycles. The van der Waals surface area contributed by atoms with E-state index >= 15 is 0 Å². The minimum absolute atomic E-state index is 0.474. The van der Waals surface area contributed by atoms with E-state index in [0.29, 0.717) is 5.54 Å². The fourth-order valence-electron chi connectivity index (χ4n) is 5.47. The Balaban J connectivity index is 1.41. The number of aryl methyl sites for hydroxylation is 1. The maximum absolute atomic E-state index is 4.45. The molecule has 3 nitrogen and oxygen atoms in total. The summed E-state index contributed by atoms with van der Waals surface area (Å²) in [4.78, 5) is 0. The van der Waals surface area contributed by atoms with Crippen LogP contribution in [0, 0.1) is 17.8 Å². The van der Waals surface area contributed by atoms with Crippen molar-refractivity contribution in [1.82, 2.24) is 15.1 Å². The predicted molar refractivity (Wildman–Crippen MR) is 80.3 cm³/mol. The van der Waals surface area contributed by atoms with Crippen LogP contribution in [0.3, 0.4) is 0 Å². The van der Waals surface area contributed by atoms with E-state index in [1.807, 2.05) is 6.20 Å². The molecule has 1 heterocycles. The molecule has 4 aliphatic carbocycles. The summed E-state index contributed by atoms with van der Waals surface area (Å²) in [6, 6.07) is 0. The fraction of sp³-hybridized carbons (Fsp3) is 0.824. The Hall–Kier alpha value is -0.830. The van der Waals surface area contributed by atoms with E-state index in [9.17, 15) is 0 Å². The van der Waals surface area contributed by atoms with Gasteiger partial charge in [-0.1, -0.05) is 6.92 Å². The highest BCUT2D eigenvalue weighted by atomic mass is 15.3. The maximum Gasteiger partial charge on any atom is 0.0534 e. The molecular weight excluding hydrogens is 246 g/mol.